The van der Waals surface area contributed by atoms with Crippen molar-refractivity contribution >= 4 is 17.2 Å². The number of nitrogens with one attached hydrogen (secondary N) is 1. The monoisotopic (exact) mass is 260 g/mol. The van der Waals surface area contributed by atoms with Crippen LogP contribution in [0.4, 0.5) is 0 Å². The first-order chi connectivity index (χ1) is 8.58. The van der Waals surface area contributed by atoms with Crippen molar-refractivity contribution in [3.8, 4) is 0 Å². The second-order valence-electron chi connectivity index (χ2n) is 4.31. The van der Waals surface area contributed by atoms with Gasteiger partial charge in [0.1, 0.15) is 0 Å². The minimum absolute atomic E-state index is 0.00642. The van der Waals surface area contributed by atoms with Crippen molar-refractivity contribution < 1.29 is 4.79 Å². The molecule has 18 heavy (non-hydrogen) atoms. The van der Waals surface area contributed by atoms with Crippen molar-refractivity contribution in [3.63, 3.8) is 0 Å². The van der Waals surface area contributed by atoms with E-state index in [1.165, 1.54) is 0 Å². The Labute approximate surface area is 111 Å². The normalized spacial score (nSPS) is 10.4. The van der Waals surface area contributed by atoms with Gasteiger partial charge in [0.15, 0.2) is 0 Å². The van der Waals surface area contributed by atoms with E-state index in [0.717, 1.165) is 26.4 Å². The van der Waals surface area contributed by atoms with E-state index >= 15 is 0 Å². The summed E-state index contributed by atoms with van der Waals surface area (Å²) in [7, 11) is 0. The summed E-state index contributed by atoms with van der Waals surface area (Å²) in [4.78, 5) is 18.3. The lowest BCUT2D eigenvalue weighted by molar-refractivity contribution is 0.0950. The molecule has 2 aromatic rings. The van der Waals surface area contributed by atoms with Crippen molar-refractivity contribution in [2.75, 3.05) is 0 Å². The molecule has 3 nitrogen and oxygen atoms in total. The second-order valence-corrected chi connectivity index (χ2v) is 5.77. The van der Waals surface area contributed by atoms with Crippen LogP contribution in [0.1, 0.15) is 31.2 Å². The summed E-state index contributed by atoms with van der Waals surface area (Å²) in [5, 5.41) is 2.95. The van der Waals surface area contributed by atoms with Crippen molar-refractivity contribution in [1.29, 1.82) is 0 Å². The number of carbonyl (C=O) groups excluding carboxylic acids is 1. The molecule has 0 atom stereocenters. The van der Waals surface area contributed by atoms with E-state index in [1.807, 2.05) is 39.1 Å². The Hall–Kier alpha value is -1.68. The van der Waals surface area contributed by atoms with Crippen LogP contribution in [0, 0.1) is 20.8 Å². The lowest BCUT2D eigenvalue weighted by atomic mass is 10.1. The molecular weight excluding hydrogens is 244 g/mol. The molecule has 0 aliphatic rings. The fraction of sp³-hybridized carbons (Fsp3) is 0.286. The molecule has 1 amide bonds. The van der Waals surface area contributed by atoms with Crippen LogP contribution >= 0.6 is 11.3 Å². The molecule has 1 N–H and O–H groups in total. The van der Waals surface area contributed by atoms with Crippen LogP contribution in [-0.4, -0.2) is 10.9 Å². The van der Waals surface area contributed by atoms with Gasteiger partial charge in [0.2, 0.25) is 0 Å². The molecule has 0 aromatic carbocycles. The Morgan fingerprint density at radius 1 is 1.39 bits per heavy atom. The SMILES string of the molecule is Cc1cc(C(=O)NCc2ccncc2C)c(C)s1. The Kier molecular flexibility index (Phi) is 3.77. The maximum absolute atomic E-state index is 12.0. The van der Waals surface area contributed by atoms with Crippen LogP contribution in [0.15, 0.2) is 24.5 Å². The fourth-order valence-corrected chi connectivity index (χ4v) is 2.75. The van der Waals surface area contributed by atoms with E-state index in [-0.39, 0.29) is 5.91 Å². The molecule has 0 bridgehead atoms. The van der Waals surface area contributed by atoms with E-state index in [4.69, 9.17) is 0 Å². The number of pyridine rings is 1. The fourth-order valence-electron chi connectivity index (χ4n) is 1.83. The lowest BCUT2D eigenvalue weighted by Crippen LogP contribution is -2.23. The van der Waals surface area contributed by atoms with E-state index in [2.05, 4.69) is 10.3 Å². The Morgan fingerprint density at radius 2 is 2.17 bits per heavy atom. The smallest absolute Gasteiger partial charge is 0.252 e. The molecule has 2 heterocycles. The molecule has 0 aliphatic heterocycles. The Balaban J connectivity index is 2.05. The third-order valence-corrected chi connectivity index (χ3v) is 3.83. The highest BCUT2D eigenvalue weighted by Gasteiger charge is 2.11. The van der Waals surface area contributed by atoms with Crippen molar-refractivity contribution in [1.82, 2.24) is 10.3 Å². The van der Waals surface area contributed by atoms with Crippen LogP contribution in [0.3, 0.4) is 0 Å². The molecule has 0 fully saturated rings. The Morgan fingerprint density at radius 3 is 2.78 bits per heavy atom. The molecule has 0 saturated carbocycles. The maximum Gasteiger partial charge on any atom is 0.252 e. The van der Waals surface area contributed by atoms with E-state index in [9.17, 15) is 4.79 Å². The Bertz CT molecular complexity index is 575. The number of hydrogen-bond donors (Lipinski definition) is 1. The van der Waals surface area contributed by atoms with Crippen LogP contribution in [0.5, 0.6) is 0 Å². The lowest BCUT2D eigenvalue weighted by Gasteiger charge is -2.07. The van der Waals surface area contributed by atoms with Gasteiger partial charge in [0.25, 0.3) is 5.91 Å². The van der Waals surface area contributed by atoms with Gasteiger partial charge in [-0.25, -0.2) is 0 Å². The summed E-state index contributed by atoms with van der Waals surface area (Å²) in [5.74, 6) is -0.00642. The first kappa shape index (κ1) is 12.8. The van der Waals surface area contributed by atoms with Crippen molar-refractivity contribution in [2.24, 2.45) is 0 Å². The van der Waals surface area contributed by atoms with Gasteiger partial charge in [-0.1, -0.05) is 0 Å². The number of carbonyl (C=O) groups is 1. The third-order valence-electron chi connectivity index (χ3n) is 2.86. The summed E-state index contributed by atoms with van der Waals surface area (Å²) >= 11 is 1.65. The highest BCUT2D eigenvalue weighted by molar-refractivity contribution is 7.12. The zero-order valence-electron chi connectivity index (χ0n) is 10.8. The average Bonchev–Trinajstić information content (AvgIpc) is 2.67. The van der Waals surface area contributed by atoms with Crippen LogP contribution in [-0.2, 0) is 6.54 Å². The third kappa shape index (κ3) is 2.76. The van der Waals surface area contributed by atoms with Gasteiger partial charge in [0, 0.05) is 28.7 Å². The number of amides is 1. The summed E-state index contributed by atoms with van der Waals surface area (Å²) in [6.07, 6.45) is 3.55. The molecule has 2 rings (SSSR count). The first-order valence-corrected chi connectivity index (χ1v) is 6.64. The van der Waals surface area contributed by atoms with Gasteiger partial charge in [-0.15, -0.1) is 11.3 Å². The number of rotatable bonds is 3. The minimum Gasteiger partial charge on any atom is -0.348 e. The zero-order valence-corrected chi connectivity index (χ0v) is 11.6. The number of nitrogens with zero attached hydrogens (tertiary/aromatic N) is 1. The molecule has 0 spiro atoms. The van der Waals surface area contributed by atoms with Crippen LogP contribution < -0.4 is 5.32 Å². The van der Waals surface area contributed by atoms with Gasteiger partial charge in [0.05, 0.1) is 5.56 Å². The predicted molar refractivity (Wildman–Crippen MR) is 73.9 cm³/mol. The number of aromatic nitrogens is 1. The van der Waals surface area contributed by atoms with Gasteiger partial charge in [-0.2, -0.15) is 0 Å². The molecule has 0 aliphatic carbocycles. The summed E-state index contributed by atoms with van der Waals surface area (Å²) in [6.45, 7) is 6.53. The van der Waals surface area contributed by atoms with Gasteiger partial charge < -0.3 is 5.32 Å². The maximum atomic E-state index is 12.0. The zero-order chi connectivity index (χ0) is 13.1. The molecular formula is C14H16N2OS. The van der Waals surface area contributed by atoms with E-state index in [0.29, 0.717) is 6.54 Å². The molecule has 0 unspecified atom stereocenters. The van der Waals surface area contributed by atoms with E-state index in [1.54, 1.807) is 17.5 Å². The van der Waals surface area contributed by atoms with Gasteiger partial charge >= 0.3 is 0 Å². The molecule has 0 saturated heterocycles. The number of hydrogen-bond acceptors (Lipinski definition) is 3. The highest BCUT2D eigenvalue weighted by atomic mass is 32.1. The van der Waals surface area contributed by atoms with Crippen molar-refractivity contribution in [2.45, 2.75) is 27.3 Å². The number of aryl methyl sites for hydroxylation is 3. The minimum atomic E-state index is -0.00642. The summed E-state index contributed by atoms with van der Waals surface area (Å²) in [5.41, 5.74) is 2.98. The van der Waals surface area contributed by atoms with Gasteiger partial charge in [-0.05, 0) is 44.0 Å². The second kappa shape index (κ2) is 5.31. The van der Waals surface area contributed by atoms with Crippen LogP contribution in [0.2, 0.25) is 0 Å². The van der Waals surface area contributed by atoms with Crippen LogP contribution in [0.25, 0.3) is 0 Å². The molecule has 0 radical (unpaired) electrons. The number of thiophene rings is 1. The summed E-state index contributed by atoms with van der Waals surface area (Å²) < 4.78 is 0. The largest absolute Gasteiger partial charge is 0.348 e. The van der Waals surface area contributed by atoms with Gasteiger partial charge in [-0.3, -0.25) is 9.78 Å². The average molecular weight is 260 g/mol. The predicted octanol–water partition coefficient (Wildman–Crippen LogP) is 3.00. The standard InChI is InChI=1S/C14H16N2OS/c1-9-7-15-5-4-12(9)8-16-14(17)13-6-10(2)18-11(13)3/h4-7H,8H2,1-3H3,(H,16,17). The molecule has 2 aromatic heterocycles. The van der Waals surface area contributed by atoms with Crippen molar-refractivity contribution in [3.05, 3.63) is 51.0 Å². The topological polar surface area (TPSA) is 42.0 Å². The first-order valence-electron chi connectivity index (χ1n) is 5.82. The molecule has 94 valence electrons. The highest BCUT2D eigenvalue weighted by Crippen LogP contribution is 2.20. The quantitative estimate of drug-likeness (QED) is 0.921. The summed E-state index contributed by atoms with van der Waals surface area (Å²) in [6, 6.07) is 3.87. The molecule has 4 heteroatoms. The van der Waals surface area contributed by atoms with E-state index < -0.39 is 0 Å².